The summed E-state index contributed by atoms with van der Waals surface area (Å²) in [7, 11) is 0. The fourth-order valence-electron chi connectivity index (χ4n) is 0.534. The lowest BCUT2D eigenvalue weighted by Gasteiger charge is -2.09. The molecule has 0 rings (SSSR count). The van der Waals surface area contributed by atoms with Gasteiger partial charge >= 0.3 is 0 Å². The molecule has 0 aliphatic rings. The van der Waals surface area contributed by atoms with Crippen molar-refractivity contribution in [3.8, 4) is 0 Å². The fourth-order valence-corrected chi connectivity index (χ4v) is 0.534. The lowest BCUT2D eigenvalue weighted by Crippen LogP contribution is -2.10. The van der Waals surface area contributed by atoms with Crippen molar-refractivity contribution in [2.24, 2.45) is 5.92 Å². The Bertz CT molecular complexity index is 99.1. The first-order valence-electron chi connectivity index (χ1n) is 3.37. The van der Waals surface area contributed by atoms with Crippen molar-refractivity contribution in [2.45, 2.75) is 33.8 Å². The van der Waals surface area contributed by atoms with Crippen molar-refractivity contribution >= 4 is 0 Å². The standard InChI is InChI=1S/C8H16O/c1-6(2)5-8(9)7(3)4/h5,7-9H,1-4H3/t8-/m1/s1. The van der Waals surface area contributed by atoms with Crippen molar-refractivity contribution < 1.29 is 5.11 Å². The van der Waals surface area contributed by atoms with Gasteiger partial charge in [0.25, 0.3) is 0 Å². The van der Waals surface area contributed by atoms with Crippen molar-refractivity contribution in [1.82, 2.24) is 0 Å². The maximum Gasteiger partial charge on any atom is 0.0746 e. The highest BCUT2D eigenvalue weighted by molar-refractivity contribution is 4.98. The Kier molecular flexibility index (Phi) is 3.55. The molecule has 0 aliphatic carbocycles. The molecule has 0 heterocycles. The maximum atomic E-state index is 9.22. The molecule has 0 radical (unpaired) electrons. The maximum absolute atomic E-state index is 9.22. The summed E-state index contributed by atoms with van der Waals surface area (Å²) in [6.45, 7) is 7.99. The zero-order chi connectivity index (χ0) is 7.44. The van der Waals surface area contributed by atoms with E-state index in [1.165, 1.54) is 5.57 Å². The van der Waals surface area contributed by atoms with Crippen LogP contribution in [0.1, 0.15) is 27.7 Å². The summed E-state index contributed by atoms with van der Waals surface area (Å²) >= 11 is 0. The normalized spacial score (nSPS) is 13.6. The van der Waals surface area contributed by atoms with Gasteiger partial charge in [0.05, 0.1) is 6.10 Å². The SMILES string of the molecule is CC(C)=C[C@@H](O)C(C)C. The molecule has 9 heavy (non-hydrogen) atoms. The van der Waals surface area contributed by atoms with Crippen LogP contribution in [0.4, 0.5) is 0 Å². The molecule has 0 bridgehead atoms. The van der Waals surface area contributed by atoms with E-state index in [1.807, 2.05) is 33.8 Å². The van der Waals surface area contributed by atoms with Gasteiger partial charge in [0.15, 0.2) is 0 Å². The number of aliphatic hydroxyl groups excluding tert-OH is 1. The van der Waals surface area contributed by atoms with Gasteiger partial charge in [-0.05, 0) is 19.8 Å². The van der Waals surface area contributed by atoms with Gasteiger partial charge in [0.2, 0.25) is 0 Å². The van der Waals surface area contributed by atoms with Crippen molar-refractivity contribution in [2.75, 3.05) is 0 Å². The van der Waals surface area contributed by atoms with E-state index in [0.717, 1.165) is 0 Å². The van der Waals surface area contributed by atoms with Crippen LogP contribution in [0.15, 0.2) is 11.6 Å². The minimum atomic E-state index is -0.269. The molecular formula is C8H16O. The molecule has 0 amide bonds. The first kappa shape index (κ1) is 8.70. The summed E-state index contributed by atoms with van der Waals surface area (Å²) in [6, 6.07) is 0. The molecule has 0 aliphatic heterocycles. The lowest BCUT2D eigenvalue weighted by atomic mass is 10.1. The number of hydrogen-bond acceptors (Lipinski definition) is 1. The Morgan fingerprint density at radius 3 is 1.89 bits per heavy atom. The molecule has 0 saturated carbocycles. The molecule has 1 atom stereocenters. The van der Waals surface area contributed by atoms with Gasteiger partial charge in [0.1, 0.15) is 0 Å². The monoisotopic (exact) mass is 128 g/mol. The molecule has 0 aromatic carbocycles. The van der Waals surface area contributed by atoms with Crippen LogP contribution >= 0.6 is 0 Å². The van der Waals surface area contributed by atoms with Crippen LogP contribution in [0.25, 0.3) is 0 Å². The lowest BCUT2D eigenvalue weighted by molar-refractivity contribution is 0.171. The topological polar surface area (TPSA) is 20.2 Å². The van der Waals surface area contributed by atoms with Gasteiger partial charge < -0.3 is 5.11 Å². The summed E-state index contributed by atoms with van der Waals surface area (Å²) in [5, 5.41) is 9.22. The Morgan fingerprint density at radius 1 is 1.33 bits per heavy atom. The van der Waals surface area contributed by atoms with Gasteiger partial charge in [-0.15, -0.1) is 0 Å². The van der Waals surface area contributed by atoms with E-state index in [-0.39, 0.29) is 6.10 Å². The molecule has 0 fully saturated rings. The quantitative estimate of drug-likeness (QED) is 0.564. The van der Waals surface area contributed by atoms with Crippen LogP contribution in [0.2, 0.25) is 0 Å². The van der Waals surface area contributed by atoms with Crippen LogP contribution in [0.5, 0.6) is 0 Å². The summed E-state index contributed by atoms with van der Waals surface area (Å²) < 4.78 is 0. The second-order valence-electron chi connectivity index (χ2n) is 2.98. The highest BCUT2D eigenvalue weighted by atomic mass is 16.3. The minimum absolute atomic E-state index is 0.269. The molecular weight excluding hydrogens is 112 g/mol. The highest BCUT2D eigenvalue weighted by Gasteiger charge is 2.03. The molecule has 54 valence electrons. The van der Waals surface area contributed by atoms with Crippen LogP contribution < -0.4 is 0 Å². The van der Waals surface area contributed by atoms with E-state index < -0.39 is 0 Å². The third-order valence-corrected chi connectivity index (χ3v) is 1.19. The zero-order valence-corrected chi connectivity index (χ0v) is 6.68. The average Bonchev–Trinajstić information content (AvgIpc) is 1.63. The van der Waals surface area contributed by atoms with E-state index in [1.54, 1.807) is 0 Å². The fraction of sp³-hybridized carbons (Fsp3) is 0.750. The summed E-state index contributed by atoms with van der Waals surface area (Å²) in [4.78, 5) is 0. The summed E-state index contributed by atoms with van der Waals surface area (Å²) in [6.07, 6.45) is 1.61. The van der Waals surface area contributed by atoms with Crippen LogP contribution in [0.3, 0.4) is 0 Å². The van der Waals surface area contributed by atoms with Crippen LogP contribution in [0, 0.1) is 5.92 Å². The predicted octanol–water partition coefficient (Wildman–Crippen LogP) is 1.97. The van der Waals surface area contributed by atoms with Crippen molar-refractivity contribution in [3.05, 3.63) is 11.6 Å². The second-order valence-corrected chi connectivity index (χ2v) is 2.98. The predicted molar refractivity (Wildman–Crippen MR) is 40.3 cm³/mol. The third kappa shape index (κ3) is 4.22. The molecule has 0 aromatic rings. The number of aliphatic hydroxyl groups is 1. The first-order chi connectivity index (χ1) is 4.04. The van der Waals surface area contributed by atoms with E-state index in [9.17, 15) is 5.11 Å². The molecule has 1 N–H and O–H groups in total. The van der Waals surface area contributed by atoms with E-state index in [0.29, 0.717) is 5.92 Å². The molecule has 0 saturated heterocycles. The van der Waals surface area contributed by atoms with Crippen LogP contribution in [-0.2, 0) is 0 Å². The number of rotatable bonds is 2. The molecule has 1 heteroatoms. The molecule has 0 unspecified atom stereocenters. The highest BCUT2D eigenvalue weighted by Crippen LogP contribution is 2.04. The van der Waals surface area contributed by atoms with Gasteiger partial charge in [-0.2, -0.15) is 0 Å². The van der Waals surface area contributed by atoms with Gasteiger partial charge in [0, 0.05) is 0 Å². The Balaban J connectivity index is 3.76. The largest absolute Gasteiger partial charge is 0.389 e. The number of hydrogen-bond donors (Lipinski definition) is 1. The summed E-state index contributed by atoms with van der Waals surface area (Å²) in [5.74, 6) is 0.333. The van der Waals surface area contributed by atoms with Crippen molar-refractivity contribution in [3.63, 3.8) is 0 Å². The van der Waals surface area contributed by atoms with Gasteiger partial charge in [-0.3, -0.25) is 0 Å². The van der Waals surface area contributed by atoms with E-state index in [2.05, 4.69) is 0 Å². The first-order valence-corrected chi connectivity index (χ1v) is 3.37. The average molecular weight is 128 g/mol. The Hall–Kier alpha value is -0.300. The van der Waals surface area contributed by atoms with Crippen LogP contribution in [-0.4, -0.2) is 11.2 Å². The van der Waals surface area contributed by atoms with Gasteiger partial charge in [-0.25, -0.2) is 0 Å². The minimum Gasteiger partial charge on any atom is -0.389 e. The Labute approximate surface area is 57.4 Å². The summed E-state index contributed by atoms with van der Waals surface area (Å²) in [5.41, 5.74) is 1.18. The Morgan fingerprint density at radius 2 is 1.78 bits per heavy atom. The van der Waals surface area contributed by atoms with E-state index >= 15 is 0 Å². The van der Waals surface area contributed by atoms with E-state index in [4.69, 9.17) is 0 Å². The molecule has 0 spiro atoms. The van der Waals surface area contributed by atoms with Crippen molar-refractivity contribution in [1.29, 1.82) is 0 Å². The zero-order valence-electron chi connectivity index (χ0n) is 6.68. The molecule has 1 nitrogen and oxygen atoms in total. The molecule has 0 aromatic heterocycles. The number of allylic oxidation sites excluding steroid dienone is 1. The third-order valence-electron chi connectivity index (χ3n) is 1.19. The van der Waals surface area contributed by atoms with Gasteiger partial charge in [-0.1, -0.05) is 25.5 Å². The second kappa shape index (κ2) is 3.67. The smallest absolute Gasteiger partial charge is 0.0746 e.